The van der Waals surface area contributed by atoms with E-state index in [1.54, 1.807) is 24.3 Å². The number of primary amides is 1. The van der Waals surface area contributed by atoms with E-state index in [-0.39, 0.29) is 18.6 Å². The molecule has 0 aromatic heterocycles. The average molecular weight is 294 g/mol. The van der Waals surface area contributed by atoms with Gasteiger partial charge in [0.2, 0.25) is 5.91 Å². The average Bonchev–Trinajstić information content (AvgIpc) is 2.44. The van der Waals surface area contributed by atoms with E-state index >= 15 is 0 Å². The molecular weight excluding hydrogens is 272 g/mol. The topological polar surface area (TPSA) is 90.7 Å². The van der Waals surface area contributed by atoms with Gasteiger partial charge in [-0.15, -0.1) is 0 Å². The molecule has 0 spiro atoms. The molecule has 0 saturated heterocycles. The molecule has 0 saturated carbocycles. The lowest BCUT2D eigenvalue weighted by Gasteiger charge is -2.09. The number of amides is 2. The Labute approximate surface area is 124 Å². The number of nitrogens with one attached hydrogen (secondary N) is 1. The van der Waals surface area contributed by atoms with Crippen molar-refractivity contribution in [3.63, 3.8) is 0 Å². The van der Waals surface area contributed by atoms with Gasteiger partial charge in [0.05, 0.1) is 6.10 Å². The highest BCUT2D eigenvalue weighted by molar-refractivity contribution is 5.92. The first-order valence-corrected chi connectivity index (χ1v) is 6.90. The molecule has 0 aliphatic heterocycles. The van der Waals surface area contributed by atoms with Crippen LogP contribution in [0.3, 0.4) is 0 Å². The van der Waals surface area contributed by atoms with Gasteiger partial charge in [0, 0.05) is 18.7 Å². The molecule has 0 aliphatic carbocycles. The molecule has 6 heteroatoms. The summed E-state index contributed by atoms with van der Waals surface area (Å²) in [5, 5.41) is 2.74. The van der Waals surface area contributed by atoms with Crippen LogP contribution in [0.2, 0.25) is 0 Å². The van der Waals surface area contributed by atoms with Crippen molar-refractivity contribution >= 4 is 11.8 Å². The van der Waals surface area contributed by atoms with Crippen LogP contribution in [0.4, 0.5) is 0 Å². The zero-order valence-corrected chi connectivity index (χ0v) is 12.4. The minimum Gasteiger partial charge on any atom is -0.484 e. The molecule has 1 aromatic rings. The fourth-order valence-corrected chi connectivity index (χ4v) is 1.53. The van der Waals surface area contributed by atoms with Crippen LogP contribution in [-0.2, 0) is 9.53 Å². The Hall–Kier alpha value is -2.08. The SMILES string of the molecule is CC(C)OCCCNC(=O)COc1ccc(C(N)=O)cc1. The van der Waals surface area contributed by atoms with E-state index in [1.807, 2.05) is 13.8 Å². The zero-order chi connectivity index (χ0) is 15.7. The Bertz CT molecular complexity index is 457. The van der Waals surface area contributed by atoms with Crippen LogP contribution in [0.15, 0.2) is 24.3 Å². The molecule has 2 amide bonds. The van der Waals surface area contributed by atoms with Crippen molar-refractivity contribution in [1.82, 2.24) is 5.32 Å². The largest absolute Gasteiger partial charge is 0.484 e. The first-order chi connectivity index (χ1) is 9.99. The lowest BCUT2D eigenvalue weighted by molar-refractivity contribution is -0.123. The highest BCUT2D eigenvalue weighted by Crippen LogP contribution is 2.11. The van der Waals surface area contributed by atoms with Gasteiger partial charge in [-0.3, -0.25) is 9.59 Å². The third-order valence-electron chi connectivity index (χ3n) is 2.60. The molecule has 1 rings (SSSR count). The quantitative estimate of drug-likeness (QED) is 0.667. The molecule has 0 bridgehead atoms. The lowest BCUT2D eigenvalue weighted by atomic mass is 10.2. The van der Waals surface area contributed by atoms with E-state index in [1.165, 1.54) is 0 Å². The van der Waals surface area contributed by atoms with Crippen molar-refractivity contribution in [3.05, 3.63) is 29.8 Å². The Morgan fingerprint density at radius 1 is 1.24 bits per heavy atom. The molecule has 0 atom stereocenters. The van der Waals surface area contributed by atoms with E-state index in [0.29, 0.717) is 24.5 Å². The summed E-state index contributed by atoms with van der Waals surface area (Å²) in [5.41, 5.74) is 5.53. The second kappa shape index (κ2) is 8.97. The first kappa shape index (κ1) is 17.0. The minimum absolute atomic E-state index is 0.0685. The Balaban J connectivity index is 2.19. The number of hydrogen-bond donors (Lipinski definition) is 2. The van der Waals surface area contributed by atoms with E-state index in [0.717, 1.165) is 6.42 Å². The van der Waals surface area contributed by atoms with Crippen LogP contribution in [0.25, 0.3) is 0 Å². The summed E-state index contributed by atoms with van der Waals surface area (Å²) in [7, 11) is 0. The van der Waals surface area contributed by atoms with Gasteiger partial charge >= 0.3 is 0 Å². The number of benzene rings is 1. The van der Waals surface area contributed by atoms with Gasteiger partial charge in [-0.25, -0.2) is 0 Å². The molecule has 0 radical (unpaired) electrons. The standard InChI is InChI=1S/C15H22N2O4/c1-11(2)20-9-3-8-17-14(18)10-21-13-6-4-12(5-7-13)15(16)19/h4-7,11H,3,8-10H2,1-2H3,(H2,16,19)(H,17,18). The molecule has 116 valence electrons. The van der Waals surface area contributed by atoms with Crippen LogP contribution in [0.1, 0.15) is 30.6 Å². The first-order valence-electron chi connectivity index (χ1n) is 6.90. The summed E-state index contributed by atoms with van der Waals surface area (Å²) < 4.78 is 10.7. The summed E-state index contributed by atoms with van der Waals surface area (Å²) in [5.74, 6) is -0.181. The Morgan fingerprint density at radius 3 is 2.48 bits per heavy atom. The van der Waals surface area contributed by atoms with E-state index in [2.05, 4.69) is 5.32 Å². The van der Waals surface area contributed by atoms with Crippen LogP contribution in [0, 0.1) is 0 Å². The van der Waals surface area contributed by atoms with Crippen molar-refractivity contribution in [1.29, 1.82) is 0 Å². The number of rotatable bonds is 9. The van der Waals surface area contributed by atoms with E-state index < -0.39 is 5.91 Å². The molecule has 0 fully saturated rings. The molecule has 1 aromatic carbocycles. The Kier molecular flexibility index (Phi) is 7.25. The third kappa shape index (κ3) is 7.31. The number of carbonyl (C=O) groups is 2. The van der Waals surface area contributed by atoms with Crippen molar-refractivity contribution in [3.8, 4) is 5.75 Å². The molecule has 0 unspecified atom stereocenters. The highest BCUT2D eigenvalue weighted by atomic mass is 16.5. The van der Waals surface area contributed by atoms with Crippen LogP contribution < -0.4 is 15.8 Å². The monoisotopic (exact) mass is 294 g/mol. The number of carbonyl (C=O) groups excluding carboxylic acids is 2. The molecular formula is C15H22N2O4. The molecule has 6 nitrogen and oxygen atoms in total. The number of hydrogen-bond acceptors (Lipinski definition) is 4. The van der Waals surface area contributed by atoms with Gasteiger partial charge < -0.3 is 20.5 Å². The zero-order valence-electron chi connectivity index (χ0n) is 12.4. The predicted octanol–water partition coefficient (Wildman–Crippen LogP) is 1.10. The second-order valence-corrected chi connectivity index (χ2v) is 4.80. The number of nitrogens with two attached hydrogens (primary N) is 1. The summed E-state index contributed by atoms with van der Waals surface area (Å²) in [6, 6.07) is 6.31. The third-order valence-corrected chi connectivity index (χ3v) is 2.60. The second-order valence-electron chi connectivity index (χ2n) is 4.80. The minimum atomic E-state index is -0.497. The van der Waals surface area contributed by atoms with E-state index in [9.17, 15) is 9.59 Å². The smallest absolute Gasteiger partial charge is 0.257 e. The Morgan fingerprint density at radius 2 is 1.90 bits per heavy atom. The van der Waals surface area contributed by atoms with Crippen LogP contribution in [-0.4, -0.2) is 37.7 Å². The van der Waals surface area contributed by atoms with Gasteiger partial charge in [0.25, 0.3) is 5.91 Å². The van der Waals surface area contributed by atoms with Crippen molar-refractivity contribution < 1.29 is 19.1 Å². The molecule has 21 heavy (non-hydrogen) atoms. The summed E-state index contributed by atoms with van der Waals surface area (Å²) >= 11 is 0. The maximum Gasteiger partial charge on any atom is 0.257 e. The van der Waals surface area contributed by atoms with Crippen molar-refractivity contribution in [2.75, 3.05) is 19.8 Å². The van der Waals surface area contributed by atoms with Gasteiger partial charge in [-0.2, -0.15) is 0 Å². The maximum absolute atomic E-state index is 11.5. The van der Waals surface area contributed by atoms with Gasteiger partial charge in [-0.1, -0.05) is 0 Å². The molecule has 0 aliphatic rings. The summed E-state index contributed by atoms with van der Waals surface area (Å²) in [4.78, 5) is 22.4. The predicted molar refractivity (Wildman–Crippen MR) is 79.2 cm³/mol. The van der Waals surface area contributed by atoms with Crippen LogP contribution >= 0.6 is 0 Å². The van der Waals surface area contributed by atoms with Gasteiger partial charge in [0.15, 0.2) is 6.61 Å². The van der Waals surface area contributed by atoms with Crippen molar-refractivity contribution in [2.45, 2.75) is 26.4 Å². The fourth-order valence-electron chi connectivity index (χ4n) is 1.53. The number of ether oxygens (including phenoxy) is 2. The summed E-state index contributed by atoms with van der Waals surface area (Å²) in [6.45, 7) is 5.04. The summed E-state index contributed by atoms with van der Waals surface area (Å²) in [6.07, 6.45) is 0.962. The fraction of sp³-hybridized carbons (Fsp3) is 0.467. The van der Waals surface area contributed by atoms with Gasteiger partial charge in [0.1, 0.15) is 5.75 Å². The van der Waals surface area contributed by atoms with Gasteiger partial charge in [-0.05, 0) is 44.5 Å². The molecule has 0 heterocycles. The maximum atomic E-state index is 11.5. The molecule has 3 N–H and O–H groups in total. The normalized spacial score (nSPS) is 10.4. The van der Waals surface area contributed by atoms with Crippen molar-refractivity contribution in [2.24, 2.45) is 5.73 Å². The van der Waals surface area contributed by atoms with E-state index in [4.69, 9.17) is 15.2 Å². The lowest BCUT2D eigenvalue weighted by Crippen LogP contribution is -2.30. The van der Waals surface area contributed by atoms with Crippen LogP contribution in [0.5, 0.6) is 5.75 Å². The highest BCUT2D eigenvalue weighted by Gasteiger charge is 2.04.